The summed E-state index contributed by atoms with van der Waals surface area (Å²) >= 11 is 0. The average Bonchev–Trinajstić information content (AvgIpc) is 2.75. The minimum atomic E-state index is -0.514. The van der Waals surface area contributed by atoms with E-state index in [4.69, 9.17) is 9.84 Å². The fourth-order valence-electron chi connectivity index (χ4n) is 3.36. The van der Waals surface area contributed by atoms with Crippen LogP contribution in [0.15, 0.2) is 54.6 Å². The number of rotatable bonds is 7. The SMILES string of the molecule is O=C(CO)NC1CCN(CCc2ccc(OC(=O)Nc3ccccc3)cc2)CC1. The molecule has 0 radical (unpaired) electrons. The molecule has 7 nitrogen and oxygen atoms in total. The van der Waals surface area contributed by atoms with Crippen molar-refractivity contribution in [1.82, 2.24) is 10.2 Å². The number of carbonyl (C=O) groups is 2. The van der Waals surface area contributed by atoms with Gasteiger partial charge >= 0.3 is 6.09 Å². The van der Waals surface area contributed by atoms with Gasteiger partial charge in [-0.3, -0.25) is 10.1 Å². The van der Waals surface area contributed by atoms with Crippen LogP contribution in [0.2, 0.25) is 0 Å². The zero-order valence-corrected chi connectivity index (χ0v) is 16.3. The largest absolute Gasteiger partial charge is 0.417 e. The topological polar surface area (TPSA) is 90.9 Å². The second-order valence-corrected chi connectivity index (χ2v) is 7.12. The van der Waals surface area contributed by atoms with Gasteiger partial charge in [0, 0.05) is 31.4 Å². The summed E-state index contributed by atoms with van der Waals surface area (Å²) < 4.78 is 5.31. The Bertz CT molecular complexity index is 787. The number of nitrogens with one attached hydrogen (secondary N) is 2. The molecule has 29 heavy (non-hydrogen) atoms. The third-order valence-electron chi connectivity index (χ3n) is 4.97. The van der Waals surface area contributed by atoms with Crippen molar-refractivity contribution in [3.05, 3.63) is 60.2 Å². The van der Waals surface area contributed by atoms with Gasteiger partial charge in [-0.15, -0.1) is 0 Å². The number of ether oxygens (including phenoxy) is 1. The number of aliphatic hydroxyl groups is 1. The van der Waals surface area contributed by atoms with Crippen LogP contribution in [0.25, 0.3) is 0 Å². The monoisotopic (exact) mass is 397 g/mol. The van der Waals surface area contributed by atoms with E-state index < -0.39 is 12.7 Å². The van der Waals surface area contributed by atoms with Crippen molar-refractivity contribution < 1.29 is 19.4 Å². The van der Waals surface area contributed by atoms with E-state index in [2.05, 4.69) is 15.5 Å². The molecule has 154 valence electrons. The maximum atomic E-state index is 11.9. The number of hydrogen-bond acceptors (Lipinski definition) is 5. The van der Waals surface area contributed by atoms with Crippen molar-refractivity contribution in [2.45, 2.75) is 25.3 Å². The lowest BCUT2D eigenvalue weighted by Crippen LogP contribution is -2.45. The maximum Gasteiger partial charge on any atom is 0.417 e. The zero-order valence-electron chi connectivity index (χ0n) is 16.3. The Morgan fingerprint density at radius 1 is 1.03 bits per heavy atom. The molecular weight excluding hydrogens is 370 g/mol. The minimum absolute atomic E-state index is 0.157. The number of amides is 2. The van der Waals surface area contributed by atoms with Crippen molar-refractivity contribution in [2.75, 3.05) is 31.6 Å². The molecule has 0 bridgehead atoms. The quantitative estimate of drug-likeness (QED) is 0.668. The summed E-state index contributed by atoms with van der Waals surface area (Å²) in [7, 11) is 0. The summed E-state index contributed by atoms with van der Waals surface area (Å²) in [6.07, 6.45) is 2.19. The lowest BCUT2D eigenvalue weighted by molar-refractivity contribution is -0.124. The number of piperidine rings is 1. The summed E-state index contributed by atoms with van der Waals surface area (Å²) in [4.78, 5) is 25.6. The maximum absolute atomic E-state index is 11.9. The third kappa shape index (κ3) is 6.89. The van der Waals surface area contributed by atoms with Crippen molar-refractivity contribution in [2.24, 2.45) is 0 Å². The number of carbonyl (C=O) groups excluding carboxylic acids is 2. The molecule has 1 aliphatic rings. The van der Waals surface area contributed by atoms with Gasteiger partial charge in [-0.1, -0.05) is 30.3 Å². The number of hydrogen-bond donors (Lipinski definition) is 3. The van der Waals surface area contributed by atoms with Gasteiger partial charge in [0.1, 0.15) is 12.4 Å². The van der Waals surface area contributed by atoms with Crippen LogP contribution in [0, 0.1) is 0 Å². The summed E-state index contributed by atoms with van der Waals surface area (Å²) in [5.74, 6) is 0.200. The molecule has 1 heterocycles. The molecule has 0 atom stereocenters. The van der Waals surface area contributed by atoms with Crippen LogP contribution in [0.1, 0.15) is 18.4 Å². The van der Waals surface area contributed by atoms with E-state index in [0.29, 0.717) is 11.4 Å². The van der Waals surface area contributed by atoms with Gasteiger partial charge in [-0.05, 0) is 49.1 Å². The Balaban J connectivity index is 1.38. The first-order chi connectivity index (χ1) is 14.1. The molecule has 0 aromatic heterocycles. The first-order valence-electron chi connectivity index (χ1n) is 9.88. The van der Waals surface area contributed by atoms with Crippen LogP contribution < -0.4 is 15.4 Å². The number of likely N-dealkylation sites (tertiary alicyclic amines) is 1. The van der Waals surface area contributed by atoms with Crippen molar-refractivity contribution >= 4 is 17.7 Å². The molecule has 3 N–H and O–H groups in total. The zero-order chi connectivity index (χ0) is 20.5. The van der Waals surface area contributed by atoms with Crippen LogP contribution in [-0.2, 0) is 11.2 Å². The van der Waals surface area contributed by atoms with Crippen LogP contribution in [0.4, 0.5) is 10.5 Å². The molecule has 1 fully saturated rings. The molecule has 2 aromatic carbocycles. The first kappa shape index (κ1) is 20.8. The number of para-hydroxylation sites is 1. The summed E-state index contributed by atoms with van der Waals surface area (Å²) in [6.45, 7) is 2.34. The normalized spacial score (nSPS) is 14.9. The highest BCUT2D eigenvalue weighted by molar-refractivity contribution is 5.86. The van der Waals surface area contributed by atoms with Gasteiger partial charge in [0.15, 0.2) is 0 Å². The van der Waals surface area contributed by atoms with E-state index in [-0.39, 0.29) is 11.9 Å². The molecule has 1 saturated heterocycles. The fraction of sp³-hybridized carbons (Fsp3) is 0.364. The average molecular weight is 397 g/mol. The highest BCUT2D eigenvalue weighted by atomic mass is 16.6. The van der Waals surface area contributed by atoms with E-state index in [1.807, 2.05) is 30.3 Å². The first-order valence-corrected chi connectivity index (χ1v) is 9.88. The Hall–Kier alpha value is -2.90. The second kappa shape index (κ2) is 10.6. The van der Waals surface area contributed by atoms with Crippen LogP contribution in [0.5, 0.6) is 5.75 Å². The Morgan fingerprint density at radius 2 is 1.72 bits per heavy atom. The lowest BCUT2D eigenvalue weighted by Gasteiger charge is -2.32. The molecular formula is C22H27N3O4. The van der Waals surface area contributed by atoms with Gasteiger partial charge in [-0.2, -0.15) is 0 Å². The van der Waals surface area contributed by atoms with E-state index in [0.717, 1.165) is 38.9 Å². The molecule has 7 heteroatoms. The van der Waals surface area contributed by atoms with Gasteiger partial charge in [0.05, 0.1) is 0 Å². The van der Waals surface area contributed by atoms with Gasteiger partial charge < -0.3 is 20.1 Å². The smallest absolute Gasteiger partial charge is 0.410 e. The van der Waals surface area contributed by atoms with E-state index in [9.17, 15) is 9.59 Å². The van der Waals surface area contributed by atoms with Gasteiger partial charge in [0.2, 0.25) is 5.91 Å². The Labute approximate surface area is 170 Å². The predicted octanol–water partition coefficient (Wildman–Crippen LogP) is 2.41. The molecule has 2 amide bonds. The highest BCUT2D eigenvalue weighted by Crippen LogP contribution is 2.16. The molecule has 0 unspecified atom stereocenters. The summed E-state index contributed by atoms with van der Waals surface area (Å²) in [5.41, 5.74) is 1.87. The van der Waals surface area contributed by atoms with Crippen molar-refractivity contribution in [3.8, 4) is 5.75 Å². The molecule has 3 rings (SSSR count). The van der Waals surface area contributed by atoms with Gasteiger partial charge in [0.25, 0.3) is 0 Å². The van der Waals surface area contributed by atoms with E-state index in [1.54, 1.807) is 24.3 Å². The lowest BCUT2D eigenvalue weighted by atomic mass is 10.0. The highest BCUT2D eigenvalue weighted by Gasteiger charge is 2.20. The second-order valence-electron chi connectivity index (χ2n) is 7.12. The third-order valence-corrected chi connectivity index (χ3v) is 4.97. The predicted molar refractivity (Wildman–Crippen MR) is 111 cm³/mol. The van der Waals surface area contributed by atoms with Crippen LogP contribution >= 0.6 is 0 Å². The standard InChI is InChI=1S/C22H27N3O4/c26-16-21(27)23-19-11-14-25(15-12-19)13-10-17-6-8-20(9-7-17)29-22(28)24-18-4-2-1-3-5-18/h1-9,19,26H,10-16H2,(H,23,27)(H,24,28). The molecule has 1 aliphatic heterocycles. The van der Waals surface area contributed by atoms with E-state index in [1.165, 1.54) is 5.56 Å². The number of nitrogens with zero attached hydrogens (tertiary/aromatic N) is 1. The fourth-order valence-corrected chi connectivity index (χ4v) is 3.36. The van der Waals surface area contributed by atoms with Crippen LogP contribution in [-0.4, -0.2) is 54.3 Å². The molecule has 0 aliphatic carbocycles. The number of benzene rings is 2. The van der Waals surface area contributed by atoms with Crippen molar-refractivity contribution in [1.29, 1.82) is 0 Å². The molecule has 2 aromatic rings. The Kier molecular flexibility index (Phi) is 7.61. The van der Waals surface area contributed by atoms with Crippen molar-refractivity contribution in [3.63, 3.8) is 0 Å². The molecule has 0 saturated carbocycles. The van der Waals surface area contributed by atoms with Gasteiger partial charge in [-0.25, -0.2) is 4.79 Å². The number of aliphatic hydroxyl groups excluding tert-OH is 1. The summed E-state index contributed by atoms with van der Waals surface area (Å²) in [6, 6.07) is 16.9. The summed E-state index contributed by atoms with van der Waals surface area (Å²) in [5, 5.41) is 14.3. The minimum Gasteiger partial charge on any atom is -0.410 e. The Morgan fingerprint density at radius 3 is 2.38 bits per heavy atom. The van der Waals surface area contributed by atoms with E-state index >= 15 is 0 Å². The van der Waals surface area contributed by atoms with Crippen LogP contribution in [0.3, 0.4) is 0 Å². The molecule has 0 spiro atoms. The number of anilines is 1.